The van der Waals surface area contributed by atoms with Gasteiger partial charge in [-0.3, -0.25) is 0 Å². The molecule has 3 saturated carbocycles. The highest BCUT2D eigenvalue weighted by Crippen LogP contribution is 2.51. The fourth-order valence-corrected chi connectivity index (χ4v) is 2.47. The summed E-state index contributed by atoms with van der Waals surface area (Å²) in [5.74, 6) is 1.90. The van der Waals surface area contributed by atoms with Crippen LogP contribution in [0.4, 0.5) is 4.79 Å². The molecule has 72 valence electrons. The molecule has 0 aromatic carbocycles. The van der Waals surface area contributed by atoms with Crippen LogP contribution in [0.5, 0.6) is 0 Å². The fraction of sp³-hybridized carbons (Fsp3) is 0.900. The normalized spacial score (nSPS) is 41.1. The maximum atomic E-state index is 11.3. The molecule has 2 atom stereocenters. The van der Waals surface area contributed by atoms with Crippen molar-refractivity contribution in [1.29, 1.82) is 0 Å². The summed E-state index contributed by atoms with van der Waals surface area (Å²) in [5.41, 5.74) is 0. The molecule has 3 aliphatic rings. The predicted octanol–water partition coefficient (Wildman–Crippen LogP) is 1.25. The Morgan fingerprint density at radius 3 is 2.15 bits per heavy atom. The molecule has 3 aliphatic carbocycles. The van der Waals surface area contributed by atoms with E-state index in [1.165, 1.54) is 32.1 Å². The van der Waals surface area contributed by atoms with E-state index in [0.29, 0.717) is 12.1 Å². The van der Waals surface area contributed by atoms with Crippen molar-refractivity contribution in [2.24, 2.45) is 11.8 Å². The summed E-state index contributed by atoms with van der Waals surface area (Å²) >= 11 is 0. The Bertz CT molecular complexity index is 227. The SMILES string of the molecule is O=C(NC1CC1)NC1CC2CC2C1. The van der Waals surface area contributed by atoms with E-state index in [1.54, 1.807) is 0 Å². The molecule has 0 spiro atoms. The standard InChI is InChI=1S/C10H16N2O/c13-10(11-8-1-2-8)12-9-4-6-3-7(6)5-9/h6-9H,1-5H2,(H2,11,12,13). The molecular formula is C10H16N2O. The number of carbonyl (C=O) groups is 1. The molecule has 3 heteroatoms. The van der Waals surface area contributed by atoms with Crippen molar-refractivity contribution in [3.63, 3.8) is 0 Å². The molecule has 13 heavy (non-hydrogen) atoms. The Morgan fingerprint density at radius 1 is 0.923 bits per heavy atom. The Balaban J connectivity index is 1.43. The van der Waals surface area contributed by atoms with Crippen LogP contribution in [0.1, 0.15) is 32.1 Å². The minimum absolute atomic E-state index is 0.0637. The number of amides is 2. The van der Waals surface area contributed by atoms with Crippen LogP contribution < -0.4 is 10.6 Å². The number of nitrogens with one attached hydrogen (secondary N) is 2. The highest BCUT2D eigenvalue weighted by molar-refractivity contribution is 5.75. The maximum Gasteiger partial charge on any atom is 0.315 e. The van der Waals surface area contributed by atoms with Gasteiger partial charge in [0.1, 0.15) is 0 Å². The Morgan fingerprint density at radius 2 is 1.54 bits per heavy atom. The van der Waals surface area contributed by atoms with Gasteiger partial charge >= 0.3 is 6.03 Å². The average Bonchev–Trinajstić information content (AvgIpc) is 2.95. The second kappa shape index (κ2) is 2.63. The van der Waals surface area contributed by atoms with E-state index >= 15 is 0 Å². The molecule has 2 amide bonds. The zero-order valence-electron chi connectivity index (χ0n) is 7.75. The second-order valence-electron chi connectivity index (χ2n) is 4.82. The van der Waals surface area contributed by atoms with Gasteiger partial charge in [-0.25, -0.2) is 4.79 Å². The zero-order chi connectivity index (χ0) is 8.84. The van der Waals surface area contributed by atoms with Crippen molar-refractivity contribution in [3.05, 3.63) is 0 Å². The van der Waals surface area contributed by atoms with Gasteiger partial charge in [0.15, 0.2) is 0 Å². The average molecular weight is 180 g/mol. The van der Waals surface area contributed by atoms with E-state index in [1.807, 2.05) is 0 Å². The molecule has 0 aromatic rings. The number of hydrogen-bond donors (Lipinski definition) is 2. The summed E-state index contributed by atoms with van der Waals surface area (Å²) in [6, 6.07) is 1.02. The van der Waals surface area contributed by atoms with Gasteiger partial charge in [-0.05, 0) is 43.9 Å². The third-order valence-electron chi connectivity index (χ3n) is 3.49. The van der Waals surface area contributed by atoms with E-state index in [9.17, 15) is 4.79 Å². The topological polar surface area (TPSA) is 41.1 Å². The summed E-state index contributed by atoms with van der Waals surface area (Å²) in [5, 5.41) is 6.02. The molecule has 0 aromatic heterocycles. The highest BCUT2D eigenvalue weighted by atomic mass is 16.2. The minimum Gasteiger partial charge on any atom is -0.335 e. The molecule has 0 aliphatic heterocycles. The first-order valence-corrected chi connectivity index (χ1v) is 5.38. The van der Waals surface area contributed by atoms with Crippen LogP contribution in [0.15, 0.2) is 0 Å². The third kappa shape index (κ3) is 1.64. The lowest BCUT2D eigenvalue weighted by Crippen LogP contribution is -2.42. The van der Waals surface area contributed by atoms with E-state index < -0.39 is 0 Å². The summed E-state index contributed by atoms with van der Waals surface area (Å²) in [6.45, 7) is 0. The molecule has 0 radical (unpaired) electrons. The predicted molar refractivity (Wildman–Crippen MR) is 49.3 cm³/mol. The van der Waals surface area contributed by atoms with Crippen LogP contribution >= 0.6 is 0 Å². The molecule has 3 fully saturated rings. The number of hydrogen-bond acceptors (Lipinski definition) is 1. The van der Waals surface area contributed by atoms with Crippen LogP contribution in [-0.4, -0.2) is 18.1 Å². The summed E-state index contributed by atoms with van der Waals surface area (Å²) in [4.78, 5) is 11.3. The van der Waals surface area contributed by atoms with Gasteiger partial charge in [-0.15, -0.1) is 0 Å². The summed E-state index contributed by atoms with van der Waals surface area (Å²) in [7, 11) is 0. The first-order chi connectivity index (χ1) is 6.31. The summed E-state index contributed by atoms with van der Waals surface area (Å²) < 4.78 is 0. The molecule has 0 bridgehead atoms. The minimum atomic E-state index is 0.0637. The lowest BCUT2D eigenvalue weighted by molar-refractivity contribution is 0.236. The van der Waals surface area contributed by atoms with Crippen molar-refractivity contribution in [3.8, 4) is 0 Å². The van der Waals surface area contributed by atoms with Crippen molar-refractivity contribution in [1.82, 2.24) is 10.6 Å². The van der Waals surface area contributed by atoms with Gasteiger partial charge in [0.05, 0.1) is 0 Å². The van der Waals surface area contributed by atoms with E-state index in [2.05, 4.69) is 10.6 Å². The van der Waals surface area contributed by atoms with E-state index in [0.717, 1.165) is 11.8 Å². The third-order valence-corrected chi connectivity index (χ3v) is 3.49. The Kier molecular flexibility index (Phi) is 1.55. The largest absolute Gasteiger partial charge is 0.335 e. The van der Waals surface area contributed by atoms with Gasteiger partial charge in [0.2, 0.25) is 0 Å². The molecular weight excluding hydrogens is 164 g/mol. The van der Waals surface area contributed by atoms with Crippen LogP contribution in [0.25, 0.3) is 0 Å². The van der Waals surface area contributed by atoms with Crippen LogP contribution in [0, 0.1) is 11.8 Å². The quantitative estimate of drug-likeness (QED) is 0.659. The van der Waals surface area contributed by atoms with Crippen molar-refractivity contribution < 1.29 is 4.79 Å². The number of urea groups is 1. The van der Waals surface area contributed by atoms with Crippen LogP contribution in [-0.2, 0) is 0 Å². The van der Waals surface area contributed by atoms with E-state index in [4.69, 9.17) is 0 Å². The van der Waals surface area contributed by atoms with Crippen molar-refractivity contribution in [2.75, 3.05) is 0 Å². The molecule has 3 rings (SSSR count). The molecule has 3 nitrogen and oxygen atoms in total. The lowest BCUT2D eigenvalue weighted by atomic mass is 10.2. The monoisotopic (exact) mass is 180 g/mol. The maximum absolute atomic E-state index is 11.3. The zero-order valence-corrected chi connectivity index (χ0v) is 7.75. The number of rotatable bonds is 2. The molecule has 0 saturated heterocycles. The Hall–Kier alpha value is -0.730. The molecule has 2 N–H and O–H groups in total. The summed E-state index contributed by atoms with van der Waals surface area (Å²) in [6.07, 6.45) is 6.21. The smallest absolute Gasteiger partial charge is 0.315 e. The Labute approximate surface area is 78.3 Å². The van der Waals surface area contributed by atoms with Crippen LogP contribution in [0.3, 0.4) is 0 Å². The van der Waals surface area contributed by atoms with Gasteiger partial charge in [-0.2, -0.15) is 0 Å². The van der Waals surface area contributed by atoms with Gasteiger partial charge in [0, 0.05) is 12.1 Å². The molecule has 2 unspecified atom stereocenters. The first kappa shape index (κ1) is 7.65. The van der Waals surface area contributed by atoms with Gasteiger partial charge in [0.25, 0.3) is 0 Å². The second-order valence-corrected chi connectivity index (χ2v) is 4.82. The highest BCUT2D eigenvalue weighted by Gasteiger charge is 2.46. The number of fused-ring (bicyclic) bond motifs is 1. The first-order valence-electron chi connectivity index (χ1n) is 5.38. The fourth-order valence-electron chi connectivity index (χ4n) is 2.47. The van der Waals surface area contributed by atoms with Crippen molar-refractivity contribution >= 4 is 6.03 Å². The molecule has 0 heterocycles. The van der Waals surface area contributed by atoms with Crippen LogP contribution in [0.2, 0.25) is 0 Å². The lowest BCUT2D eigenvalue weighted by Gasteiger charge is -2.14. The van der Waals surface area contributed by atoms with Crippen molar-refractivity contribution in [2.45, 2.75) is 44.2 Å². The van der Waals surface area contributed by atoms with E-state index in [-0.39, 0.29) is 6.03 Å². The number of carbonyl (C=O) groups excluding carboxylic acids is 1. The van der Waals surface area contributed by atoms with Gasteiger partial charge < -0.3 is 10.6 Å². The van der Waals surface area contributed by atoms with Gasteiger partial charge in [-0.1, -0.05) is 0 Å².